The van der Waals surface area contributed by atoms with E-state index < -0.39 is 5.97 Å². The molecule has 2 aromatic rings. The van der Waals surface area contributed by atoms with Crippen molar-refractivity contribution >= 4 is 46.3 Å². The van der Waals surface area contributed by atoms with Crippen LogP contribution >= 0.6 is 15.9 Å². The number of nitrogens with one attached hydrogen (secondary N) is 1. The Hall–Kier alpha value is -0.581. The third-order valence-corrected chi connectivity index (χ3v) is 4.60. The van der Waals surface area contributed by atoms with Crippen LogP contribution in [0.4, 0.5) is 0 Å². The number of H-pyrrole nitrogens is 1. The Morgan fingerprint density at radius 3 is 3.08 bits per heavy atom. The van der Waals surface area contributed by atoms with Crippen molar-refractivity contribution < 1.29 is 9.90 Å². The Kier molecular flexibility index (Phi) is 1.83. The maximum atomic E-state index is 10.6. The average molecular weight is 294 g/mol. The van der Waals surface area contributed by atoms with Gasteiger partial charge >= 0.3 is 81.4 Å². The van der Waals surface area contributed by atoms with Gasteiger partial charge in [0.05, 0.1) is 0 Å². The Bertz CT molecular complexity index is 447. The zero-order valence-corrected chi connectivity index (χ0v) is 8.97. The number of nitrogens with zero attached hydrogens (tertiary/aromatic N) is 1. The van der Waals surface area contributed by atoms with E-state index in [9.17, 15) is 4.79 Å². The summed E-state index contributed by atoms with van der Waals surface area (Å²) in [6, 6.07) is 0. The minimum atomic E-state index is -0.956. The number of aromatic carboxylic acids is 1. The number of carboxylic acid groups (broad SMARTS) is 1. The van der Waals surface area contributed by atoms with Crippen LogP contribution in [0.25, 0.3) is 9.91 Å². The fourth-order valence-electron chi connectivity index (χ4n) is 0.925. The van der Waals surface area contributed by atoms with Crippen molar-refractivity contribution in [1.82, 2.24) is 9.97 Å². The van der Waals surface area contributed by atoms with Gasteiger partial charge in [-0.1, -0.05) is 0 Å². The van der Waals surface area contributed by atoms with Crippen molar-refractivity contribution in [3.05, 3.63) is 15.2 Å². The van der Waals surface area contributed by atoms with E-state index in [4.69, 9.17) is 5.11 Å². The summed E-state index contributed by atoms with van der Waals surface area (Å²) < 4.78 is 1.63. The van der Waals surface area contributed by atoms with Crippen molar-refractivity contribution in [2.45, 2.75) is 0 Å². The summed E-state index contributed by atoms with van der Waals surface area (Å²) in [5.41, 5.74) is 0.873. The van der Waals surface area contributed by atoms with Crippen molar-refractivity contribution in [1.29, 1.82) is 0 Å². The van der Waals surface area contributed by atoms with E-state index in [2.05, 4.69) is 25.9 Å². The molecule has 0 radical (unpaired) electrons. The zero-order chi connectivity index (χ0) is 8.72. The van der Waals surface area contributed by atoms with Gasteiger partial charge in [0.15, 0.2) is 0 Å². The molecule has 62 valence electrons. The van der Waals surface area contributed by atoms with Gasteiger partial charge in [-0.05, 0) is 0 Å². The van der Waals surface area contributed by atoms with E-state index in [0.29, 0.717) is 10.1 Å². The molecule has 0 atom stereocenters. The Morgan fingerprint density at radius 2 is 2.50 bits per heavy atom. The maximum absolute atomic E-state index is 10.6. The van der Waals surface area contributed by atoms with Crippen LogP contribution in [0.1, 0.15) is 10.5 Å². The fraction of sp³-hybridized carbons (Fsp3) is 0. The Balaban J connectivity index is 2.78. The second-order valence-electron chi connectivity index (χ2n) is 2.15. The van der Waals surface area contributed by atoms with Gasteiger partial charge in [0.2, 0.25) is 0 Å². The van der Waals surface area contributed by atoms with Crippen LogP contribution in [0.2, 0.25) is 0 Å². The molecule has 2 rings (SSSR count). The quantitative estimate of drug-likeness (QED) is 0.773. The second kappa shape index (κ2) is 2.72. The summed E-state index contributed by atoms with van der Waals surface area (Å²) in [6.45, 7) is 0. The minimum absolute atomic E-state index is 0.165. The number of aromatic nitrogens is 2. The molecule has 4 nitrogen and oxygen atoms in total. The molecule has 0 aliphatic carbocycles. The van der Waals surface area contributed by atoms with Crippen molar-refractivity contribution in [2.75, 3.05) is 0 Å². The number of aromatic amines is 1. The van der Waals surface area contributed by atoms with Crippen molar-refractivity contribution in [3.8, 4) is 0 Å². The van der Waals surface area contributed by atoms with Crippen LogP contribution in [0.15, 0.2) is 9.54 Å². The van der Waals surface area contributed by atoms with E-state index in [1.807, 2.05) is 5.07 Å². The first-order valence-corrected chi connectivity index (χ1v) is 5.68. The summed E-state index contributed by atoms with van der Waals surface area (Å²) >= 11 is 3.39. The summed E-state index contributed by atoms with van der Waals surface area (Å²) in [6.07, 6.45) is 0. The molecular weight excluding hydrogens is 291 g/mol. The van der Waals surface area contributed by atoms with Crippen LogP contribution in [-0.4, -0.2) is 35.5 Å². The summed E-state index contributed by atoms with van der Waals surface area (Å²) in [5.74, 6) is -0.956. The SMILES string of the molecule is O=C(O)c1[nH]c2nc[se]c2c1Br. The van der Waals surface area contributed by atoms with E-state index in [1.165, 1.54) is 0 Å². The predicted molar refractivity (Wildman–Crippen MR) is 47.7 cm³/mol. The number of fused-ring (bicyclic) bond motifs is 1. The van der Waals surface area contributed by atoms with Gasteiger partial charge in [-0.25, -0.2) is 0 Å². The Labute approximate surface area is 81.5 Å². The molecule has 0 amide bonds. The number of halogens is 1. The molecule has 2 aromatic heterocycles. The third kappa shape index (κ3) is 1.03. The molecule has 0 fully saturated rings. The van der Waals surface area contributed by atoms with Gasteiger partial charge in [0.1, 0.15) is 0 Å². The van der Waals surface area contributed by atoms with Crippen LogP contribution in [0, 0.1) is 0 Å². The van der Waals surface area contributed by atoms with Crippen LogP contribution < -0.4 is 0 Å². The molecule has 0 aliphatic heterocycles. The predicted octanol–water partition coefficient (Wildman–Crippen LogP) is 1.08. The molecule has 0 unspecified atom stereocenters. The molecule has 12 heavy (non-hydrogen) atoms. The molecule has 0 saturated heterocycles. The van der Waals surface area contributed by atoms with Gasteiger partial charge in [-0.2, -0.15) is 0 Å². The van der Waals surface area contributed by atoms with E-state index in [-0.39, 0.29) is 20.2 Å². The van der Waals surface area contributed by atoms with Crippen LogP contribution in [0.3, 0.4) is 0 Å². The van der Waals surface area contributed by atoms with Gasteiger partial charge in [0.25, 0.3) is 0 Å². The first kappa shape index (κ1) is 8.04. The normalized spacial score (nSPS) is 10.8. The molecule has 6 heteroatoms. The van der Waals surface area contributed by atoms with Gasteiger partial charge < -0.3 is 0 Å². The molecule has 0 saturated carbocycles. The Morgan fingerprint density at radius 1 is 1.75 bits per heavy atom. The molecular formula is C6H3BrN2O2Se. The van der Waals surface area contributed by atoms with Crippen molar-refractivity contribution in [3.63, 3.8) is 0 Å². The standard InChI is InChI=1S/C6H3BrN2O2Se/c7-2-3(6(10)11)9-5-4(2)12-1-8-5/h1,9H,(H,10,11). The fourth-order valence-corrected chi connectivity index (χ4v) is 3.30. The summed E-state index contributed by atoms with van der Waals surface area (Å²) in [5, 5.41) is 10.5. The zero-order valence-electron chi connectivity index (χ0n) is 5.67. The molecule has 0 aliphatic rings. The number of rotatable bonds is 1. The van der Waals surface area contributed by atoms with E-state index >= 15 is 0 Å². The molecule has 0 aromatic carbocycles. The first-order valence-electron chi connectivity index (χ1n) is 3.04. The van der Waals surface area contributed by atoms with Gasteiger partial charge in [-0.3, -0.25) is 0 Å². The molecule has 2 N–H and O–H groups in total. The first-order chi connectivity index (χ1) is 5.70. The van der Waals surface area contributed by atoms with E-state index in [1.54, 1.807) is 0 Å². The van der Waals surface area contributed by atoms with Gasteiger partial charge in [-0.15, -0.1) is 0 Å². The van der Waals surface area contributed by atoms with Crippen LogP contribution in [0.5, 0.6) is 0 Å². The summed E-state index contributed by atoms with van der Waals surface area (Å²) in [7, 11) is 0. The topological polar surface area (TPSA) is 66.0 Å². The average Bonchev–Trinajstić information content (AvgIpc) is 2.53. The van der Waals surface area contributed by atoms with Gasteiger partial charge in [0, 0.05) is 0 Å². The molecule has 0 bridgehead atoms. The second-order valence-corrected chi connectivity index (χ2v) is 4.74. The van der Waals surface area contributed by atoms with Crippen molar-refractivity contribution in [2.24, 2.45) is 0 Å². The summed E-state index contributed by atoms with van der Waals surface area (Å²) in [4.78, 5) is 17.4. The number of hydrogen-bond acceptors (Lipinski definition) is 2. The van der Waals surface area contributed by atoms with E-state index in [0.717, 1.165) is 4.26 Å². The van der Waals surface area contributed by atoms with Crippen LogP contribution in [-0.2, 0) is 0 Å². The monoisotopic (exact) mass is 294 g/mol. The number of carboxylic acids is 1. The third-order valence-electron chi connectivity index (χ3n) is 1.44. The molecule has 2 heterocycles. The molecule has 0 spiro atoms. The number of hydrogen-bond donors (Lipinski definition) is 2. The number of carbonyl (C=O) groups is 1.